The smallest absolute Gasteiger partial charge is 0.272 e. The monoisotopic (exact) mass is 266 g/mol. The van der Waals surface area contributed by atoms with E-state index in [1.165, 1.54) is 18.6 Å². The predicted molar refractivity (Wildman–Crippen MR) is 71.3 cm³/mol. The average molecular weight is 266 g/mol. The summed E-state index contributed by atoms with van der Waals surface area (Å²) in [6.07, 6.45) is 5.82. The van der Waals surface area contributed by atoms with Crippen molar-refractivity contribution in [1.82, 2.24) is 0 Å². The zero-order valence-corrected chi connectivity index (χ0v) is 10.9. The van der Waals surface area contributed by atoms with E-state index in [0.717, 1.165) is 31.7 Å². The maximum absolute atomic E-state index is 13.3. The molecule has 0 amide bonds. The molecular formula is C14H19FN2O2. The van der Waals surface area contributed by atoms with E-state index in [0.29, 0.717) is 18.5 Å². The minimum Gasteiger partial charge on any atom is -0.330 e. The van der Waals surface area contributed by atoms with Crippen LogP contribution in [-0.2, 0) is 6.42 Å². The van der Waals surface area contributed by atoms with Crippen LogP contribution in [0.15, 0.2) is 18.2 Å². The molecule has 104 valence electrons. The number of nitro groups is 1. The van der Waals surface area contributed by atoms with Gasteiger partial charge in [-0.3, -0.25) is 10.1 Å². The molecule has 0 bridgehead atoms. The molecule has 0 aromatic heterocycles. The van der Waals surface area contributed by atoms with Crippen molar-refractivity contribution in [3.63, 3.8) is 0 Å². The maximum atomic E-state index is 13.3. The first kappa shape index (κ1) is 13.9. The Balaban J connectivity index is 2.30. The van der Waals surface area contributed by atoms with Gasteiger partial charge in [0.05, 0.1) is 4.92 Å². The predicted octanol–water partition coefficient (Wildman–Crippen LogP) is 3.19. The lowest BCUT2D eigenvalue weighted by molar-refractivity contribution is -0.385. The van der Waals surface area contributed by atoms with Crippen LogP contribution in [0.25, 0.3) is 0 Å². The minimum absolute atomic E-state index is 0.000187. The number of halogens is 1. The van der Waals surface area contributed by atoms with Crippen LogP contribution in [0.4, 0.5) is 10.1 Å². The summed E-state index contributed by atoms with van der Waals surface area (Å²) in [5, 5.41) is 11.0. The summed E-state index contributed by atoms with van der Waals surface area (Å²) in [4.78, 5) is 10.6. The van der Waals surface area contributed by atoms with Crippen LogP contribution in [0.5, 0.6) is 0 Å². The minimum atomic E-state index is -0.443. The fraction of sp³-hybridized carbons (Fsp3) is 0.571. The van der Waals surface area contributed by atoms with Gasteiger partial charge in [-0.25, -0.2) is 4.39 Å². The van der Waals surface area contributed by atoms with Crippen molar-refractivity contribution in [1.29, 1.82) is 0 Å². The normalized spacial score (nSPS) is 18.2. The van der Waals surface area contributed by atoms with E-state index in [2.05, 4.69) is 0 Å². The second kappa shape index (κ2) is 5.65. The molecule has 0 atom stereocenters. The van der Waals surface area contributed by atoms with E-state index in [-0.39, 0.29) is 11.1 Å². The standard InChI is InChI=1S/C14H19FN2O2/c15-12-4-5-13(17(18)19)11(8-12)9-14(10-16)6-2-1-3-7-14/h4-5,8H,1-3,6-7,9-10,16H2. The number of benzene rings is 1. The summed E-state index contributed by atoms with van der Waals surface area (Å²) >= 11 is 0. The highest BCUT2D eigenvalue weighted by Crippen LogP contribution is 2.40. The molecule has 1 aromatic rings. The van der Waals surface area contributed by atoms with Gasteiger partial charge in [-0.05, 0) is 43.4 Å². The highest BCUT2D eigenvalue weighted by Gasteiger charge is 2.33. The van der Waals surface area contributed by atoms with Crippen LogP contribution in [-0.4, -0.2) is 11.5 Å². The van der Waals surface area contributed by atoms with E-state index in [1.807, 2.05) is 0 Å². The fourth-order valence-electron chi connectivity index (χ4n) is 3.03. The summed E-state index contributed by atoms with van der Waals surface area (Å²) in [7, 11) is 0. The first-order valence-corrected chi connectivity index (χ1v) is 6.69. The Hall–Kier alpha value is -1.49. The third-order valence-corrected chi connectivity index (χ3v) is 4.15. The Morgan fingerprint density at radius 3 is 2.58 bits per heavy atom. The van der Waals surface area contributed by atoms with Crippen LogP contribution in [0.3, 0.4) is 0 Å². The Bertz CT molecular complexity index is 471. The van der Waals surface area contributed by atoms with Crippen molar-refractivity contribution in [2.24, 2.45) is 11.1 Å². The number of nitro benzene ring substituents is 1. The van der Waals surface area contributed by atoms with E-state index >= 15 is 0 Å². The number of nitrogens with zero attached hydrogens (tertiary/aromatic N) is 1. The third-order valence-electron chi connectivity index (χ3n) is 4.15. The van der Waals surface area contributed by atoms with Crippen molar-refractivity contribution in [3.05, 3.63) is 39.7 Å². The Morgan fingerprint density at radius 2 is 2.00 bits per heavy atom. The number of hydrogen-bond donors (Lipinski definition) is 1. The summed E-state index contributed by atoms with van der Waals surface area (Å²) in [5.41, 5.74) is 6.26. The highest BCUT2D eigenvalue weighted by molar-refractivity contribution is 5.41. The van der Waals surface area contributed by atoms with Crippen molar-refractivity contribution < 1.29 is 9.31 Å². The molecule has 19 heavy (non-hydrogen) atoms. The molecule has 1 saturated carbocycles. The molecule has 5 heteroatoms. The number of rotatable bonds is 4. The molecule has 0 aliphatic heterocycles. The number of nitrogens with two attached hydrogens (primary N) is 1. The average Bonchev–Trinajstić information content (AvgIpc) is 2.39. The molecule has 0 heterocycles. The topological polar surface area (TPSA) is 69.2 Å². The Morgan fingerprint density at radius 1 is 1.32 bits per heavy atom. The molecule has 0 saturated heterocycles. The summed E-state index contributed by atoms with van der Waals surface area (Å²) in [6, 6.07) is 3.67. The lowest BCUT2D eigenvalue weighted by Gasteiger charge is -2.36. The second-order valence-corrected chi connectivity index (χ2v) is 5.47. The van der Waals surface area contributed by atoms with Crippen LogP contribution >= 0.6 is 0 Å². The van der Waals surface area contributed by atoms with Gasteiger partial charge in [0, 0.05) is 11.6 Å². The first-order valence-electron chi connectivity index (χ1n) is 6.69. The molecule has 1 aliphatic rings. The molecule has 0 spiro atoms. The van der Waals surface area contributed by atoms with Crippen LogP contribution in [0.1, 0.15) is 37.7 Å². The second-order valence-electron chi connectivity index (χ2n) is 5.47. The largest absolute Gasteiger partial charge is 0.330 e. The van der Waals surface area contributed by atoms with E-state index in [1.54, 1.807) is 0 Å². The maximum Gasteiger partial charge on any atom is 0.272 e. The molecule has 1 aromatic carbocycles. The fourth-order valence-corrected chi connectivity index (χ4v) is 3.03. The van der Waals surface area contributed by atoms with E-state index < -0.39 is 10.7 Å². The van der Waals surface area contributed by atoms with E-state index in [9.17, 15) is 14.5 Å². The quantitative estimate of drug-likeness (QED) is 0.672. The van der Waals surface area contributed by atoms with Crippen molar-refractivity contribution in [3.8, 4) is 0 Å². The highest BCUT2D eigenvalue weighted by atomic mass is 19.1. The van der Waals surface area contributed by atoms with Crippen LogP contribution < -0.4 is 5.73 Å². The van der Waals surface area contributed by atoms with Gasteiger partial charge in [-0.1, -0.05) is 19.3 Å². The molecule has 1 aliphatic carbocycles. The van der Waals surface area contributed by atoms with Gasteiger partial charge >= 0.3 is 0 Å². The van der Waals surface area contributed by atoms with Crippen molar-refractivity contribution in [2.75, 3.05) is 6.54 Å². The summed E-state index contributed by atoms with van der Waals surface area (Å²) in [6.45, 7) is 0.501. The van der Waals surface area contributed by atoms with Crippen LogP contribution in [0.2, 0.25) is 0 Å². The Labute approximate surface area is 112 Å². The molecular weight excluding hydrogens is 247 g/mol. The van der Waals surface area contributed by atoms with Crippen molar-refractivity contribution >= 4 is 5.69 Å². The summed E-state index contributed by atoms with van der Waals surface area (Å²) in [5.74, 6) is -0.427. The third kappa shape index (κ3) is 3.10. The van der Waals surface area contributed by atoms with Gasteiger partial charge < -0.3 is 5.73 Å². The first-order chi connectivity index (χ1) is 9.06. The molecule has 1 fully saturated rings. The van der Waals surface area contributed by atoms with Gasteiger partial charge in [0.15, 0.2) is 0 Å². The summed E-state index contributed by atoms with van der Waals surface area (Å²) < 4.78 is 13.3. The number of hydrogen-bond acceptors (Lipinski definition) is 3. The van der Waals surface area contributed by atoms with Gasteiger partial charge in [0.2, 0.25) is 0 Å². The molecule has 4 nitrogen and oxygen atoms in total. The van der Waals surface area contributed by atoms with E-state index in [4.69, 9.17) is 5.73 Å². The van der Waals surface area contributed by atoms with Gasteiger partial charge in [0.1, 0.15) is 5.82 Å². The Kier molecular flexibility index (Phi) is 4.14. The molecule has 2 N–H and O–H groups in total. The molecule has 0 unspecified atom stereocenters. The molecule has 0 radical (unpaired) electrons. The van der Waals surface area contributed by atoms with Gasteiger partial charge in [0.25, 0.3) is 5.69 Å². The van der Waals surface area contributed by atoms with Gasteiger partial charge in [-0.15, -0.1) is 0 Å². The lowest BCUT2D eigenvalue weighted by Crippen LogP contribution is -2.35. The van der Waals surface area contributed by atoms with Gasteiger partial charge in [-0.2, -0.15) is 0 Å². The zero-order valence-electron chi connectivity index (χ0n) is 10.9. The van der Waals surface area contributed by atoms with Crippen molar-refractivity contribution in [2.45, 2.75) is 38.5 Å². The molecule has 2 rings (SSSR count). The zero-order chi connectivity index (χ0) is 13.9. The lowest BCUT2D eigenvalue weighted by atomic mass is 9.70. The van der Waals surface area contributed by atoms with Crippen LogP contribution in [0, 0.1) is 21.3 Å². The SMILES string of the molecule is NCC1(Cc2cc(F)ccc2[N+](=O)[O-])CCCCC1.